The van der Waals surface area contributed by atoms with E-state index < -0.39 is 47.5 Å². The molecule has 3 atom stereocenters. The SMILES string of the molecule is CCC[C@H](NC(=O)OC(C)(C)C)C(=O)N1C[C@H](Oc2nc3cc(F)ccc3o2)C[C@H]1C(N)=O. The molecule has 0 aliphatic carbocycles. The van der Waals surface area contributed by atoms with E-state index >= 15 is 0 Å². The van der Waals surface area contributed by atoms with Crippen LogP contribution in [0.15, 0.2) is 22.6 Å². The lowest BCUT2D eigenvalue weighted by Crippen LogP contribution is -2.53. The predicted molar refractivity (Wildman–Crippen MR) is 116 cm³/mol. The highest BCUT2D eigenvalue weighted by molar-refractivity contribution is 5.91. The Balaban J connectivity index is 1.73. The number of carbonyl (C=O) groups is 3. The Morgan fingerprint density at radius 1 is 1.36 bits per heavy atom. The van der Waals surface area contributed by atoms with Crippen molar-refractivity contribution in [3.63, 3.8) is 0 Å². The lowest BCUT2D eigenvalue weighted by molar-refractivity contribution is -0.139. The maximum absolute atomic E-state index is 13.4. The fourth-order valence-electron chi connectivity index (χ4n) is 3.66. The lowest BCUT2D eigenvalue weighted by atomic mass is 10.1. The number of oxazole rings is 1. The van der Waals surface area contributed by atoms with Gasteiger partial charge in [-0.25, -0.2) is 9.18 Å². The molecular formula is C22H29FN4O6. The fourth-order valence-corrected chi connectivity index (χ4v) is 3.66. The lowest BCUT2D eigenvalue weighted by Gasteiger charge is -2.28. The minimum atomic E-state index is -0.927. The highest BCUT2D eigenvalue weighted by atomic mass is 19.1. The first kappa shape index (κ1) is 24.3. The Morgan fingerprint density at radius 2 is 2.09 bits per heavy atom. The second kappa shape index (κ2) is 9.63. The standard InChI is InChI=1S/C22H29FN4O6/c1-5-6-14(25-20(30)33-22(2,3)4)19(29)27-11-13(10-16(27)18(24)28)31-21-26-15-9-12(23)7-8-17(15)32-21/h7-9,13-14,16H,5-6,10-11H2,1-4H3,(H2,24,28)(H,25,30)/t13-,14+,16+/m1/s1. The number of aromatic nitrogens is 1. The Kier molecular flexibility index (Phi) is 7.09. The van der Waals surface area contributed by atoms with Gasteiger partial charge in [0.05, 0.1) is 6.54 Å². The van der Waals surface area contributed by atoms with Crippen molar-refractivity contribution < 1.29 is 32.7 Å². The zero-order valence-electron chi connectivity index (χ0n) is 19.1. The number of ether oxygens (including phenoxy) is 2. The summed E-state index contributed by atoms with van der Waals surface area (Å²) < 4.78 is 29.9. The van der Waals surface area contributed by atoms with Crippen LogP contribution in [-0.2, 0) is 14.3 Å². The van der Waals surface area contributed by atoms with E-state index in [4.69, 9.17) is 19.6 Å². The summed E-state index contributed by atoms with van der Waals surface area (Å²) in [4.78, 5) is 42.9. The van der Waals surface area contributed by atoms with Crippen LogP contribution in [-0.4, -0.2) is 58.1 Å². The summed E-state index contributed by atoms with van der Waals surface area (Å²) in [6.07, 6.45) is -0.374. The van der Waals surface area contributed by atoms with E-state index in [0.717, 1.165) is 0 Å². The second-order valence-electron chi connectivity index (χ2n) is 8.96. The molecule has 3 amide bonds. The summed E-state index contributed by atoms with van der Waals surface area (Å²) in [5, 5.41) is 2.59. The van der Waals surface area contributed by atoms with Crippen molar-refractivity contribution in [2.75, 3.05) is 6.54 Å². The number of benzene rings is 1. The van der Waals surface area contributed by atoms with Gasteiger partial charge in [-0.15, -0.1) is 0 Å². The van der Waals surface area contributed by atoms with Gasteiger partial charge < -0.3 is 29.8 Å². The quantitative estimate of drug-likeness (QED) is 0.642. The number of likely N-dealkylation sites (tertiary alicyclic amines) is 1. The molecule has 0 bridgehead atoms. The van der Waals surface area contributed by atoms with Crippen LogP contribution in [0, 0.1) is 5.82 Å². The Labute approximate surface area is 190 Å². The van der Waals surface area contributed by atoms with Crippen LogP contribution in [0.5, 0.6) is 6.08 Å². The van der Waals surface area contributed by atoms with Gasteiger partial charge in [0.1, 0.15) is 35.1 Å². The van der Waals surface area contributed by atoms with Crippen LogP contribution in [0.4, 0.5) is 9.18 Å². The van der Waals surface area contributed by atoms with E-state index in [1.807, 2.05) is 6.92 Å². The van der Waals surface area contributed by atoms with Gasteiger partial charge in [-0.3, -0.25) is 9.59 Å². The van der Waals surface area contributed by atoms with Crippen molar-refractivity contribution >= 4 is 29.0 Å². The molecule has 33 heavy (non-hydrogen) atoms. The first-order valence-electron chi connectivity index (χ1n) is 10.8. The molecule has 1 aliphatic rings. The third kappa shape index (κ3) is 6.11. The first-order chi connectivity index (χ1) is 15.5. The molecule has 0 unspecified atom stereocenters. The summed E-state index contributed by atoms with van der Waals surface area (Å²) in [6.45, 7) is 7.06. The minimum Gasteiger partial charge on any atom is -0.445 e. The molecular weight excluding hydrogens is 435 g/mol. The van der Waals surface area contributed by atoms with Crippen molar-refractivity contribution in [3.05, 3.63) is 24.0 Å². The van der Waals surface area contributed by atoms with Crippen LogP contribution in [0.1, 0.15) is 47.0 Å². The number of nitrogens with two attached hydrogens (primary N) is 1. The third-order valence-corrected chi connectivity index (χ3v) is 5.04. The number of fused-ring (bicyclic) bond motifs is 1. The van der Waals surface area contributed by atoms with E-state index in [0.29, 0.717) is 18.4 Å². The highest BCUT2D eigenvalue weighted by Gasteiger charge is 2.42. The van der Waals surface area contributed by atoms with Gasteiger partial charge in [-0.05, 0) is 39.3 Å². The van der Waals surface area contributed by atoms with E-state index in [2.05, 4.69) is 10.3 Å². The van der Waals surface area contributed by atoms with Crippen molar-refractivity contribution in [2.24, 2.45) is 5.73 Å². The number of nitrogens with zero attached hydrogens (tertiary/aromatic N) is 2. The van der Waals surface area contributed by atoms with Crippen molar-refractivity contribution in [1.82, 2.24) is 15.2 Å². The van der Waals surface area contributed by atoms with Crippen LogP contribution < -0.4 is 15.8 Å². The Hall–Kier alpha value is -3.37. The highest BCUT2D eigenvalue weighted by Crippen LogP contribution is 2.27. The van der Waals surface area contributed by atoms with E-state index in [1.165, 1.54) is 23.1 Å². The molecule has 1 fully saturated rings. The number of halogens is 1. The van der Waals surface area contributed by atoms with Gasteiger partial charge in [-0.1, -0.05) is 13.3 Å². The van der Waals surface area contributed by atoms with Gasteiger partial charge in [0.25, 0.3) is 0 Å². The van der Waals surface area contributed by atoms with Crippen molar-refractivity contribution in [2.45, 2.75) is 70.7 Å². The van der Waals surface area contributed by atoms with Crippen molar-refractivity contribution in [1.29, 1.82) is 0 Å². The molecule has 3 rings (SSSR count). The molecule has 180 valence electrons. The molecule has 1 aromatic heterocycles. The number of hydrogen-bond donors (Lipinski definition) is 2. The molecule has 3 N–H and O–H groups in total. The molecule has 1 saturated heterocycles. The molecule has 10 nitrogen and oxygen atoms in total. The number of hydrogen-bond acceptors (Lipinski definition) is 7. The number of rotatable bonds is 7. The second-order valence-corrected chi connectivity index (χ2v) is 8.96. The number of carbonyl (C=O) groups excluding carboxylic acids is 3. The zero-order chi connectivity index (χ0) is 24.3. The van der Waals surface area contributed by atoms with E-state index in [9.17, 15) is 18.8 Å². The van der Waals surface area contributed by atoms with Gasteiger partial charge >= 0.3 is 12.2 Å². The molecule has 0 radical (unpaired) electrons. The number of primary amides is 1. The average Bonchev–Trinajstić information content (AvgIpc) is 3.29. The zero-order valence-corrected chi connectivity index (χ0v) is 19.1. The molecule has 1 aliphatic heterocycles. The number of amides is 3. The maximum atomic E-state index is 13.4. The normalized spacial score (nSPS) is 19.4. The van der Waals surface area contributed by atoms with Gasteiger partial charge in [-0.2, -0.15) is 4.98 Å². The minimum absolute atomic E-state index is 0.0374. The monoisotopic (exact) mass is 464 g/mol. The molecule has 0 spiro atoms. The summed E-state index contributed by atoms with van der Waals surface area (Å²) in [7, 11) is 0. The maximum Gasteiger partial charge on any atom is 0.408 e. The van der Waals surface area contributed by atoms with Crippen molar-refractivity contribution in [3.8, 4) is 6.08 Å². The number of nitrogens with one attached hydrogen (secondary N) is 1. The van der Waals surface area contributed by atoms with Gasteiger partial charge in [0, 0.05) is 12.5 Å². The third-order valence-electron chi connectivity index (χ3n) is 5.04. The van der Waals surface area contributed by atoms with Gasteiger partial charge in [0.15, 0.2) is 5.58 Å². The largest absolute Gasteiger partial charge is 0.445 e. The Morgan fingerprint density at radius 3 is 2.73 bits per heavy atom. The number of alkyl carbamates (subject to hydrolysis) is 1. The fraction of sp³-hybridized carbons (Fsp3) is 0.545. The van der Waals surface area contributed by atoms with Crippen LogP contribution in [0.2, 0.25) is 0 Å². The Bertz CT molecular complexity index is 1030. The van der Waals surface area contributed by atoms with Crippen LogP contribution in [0.25, 0.3) is 11.1 Å². The summed E-state index contributed by atoms with van der Waals surface area (Å²) in [6, 6.07) is 2.06. The summed E-state index contributed by atoms with van der Waals surface area (Å²) in [5.74, 6) is -1.62. The smallest absolute Gasteiger partial charge is 0.408 e. The van der Waals surface area contributed by atoms with E-state index in [-0.39, 0.29) is 24.6 Å². The topological polar surface area (TPSA) is 137 Å². The summed E-state index contributed by atoms with van der Waals surface area (Å²) in [5.41, 5.74) is 5.43. The average molecular weight is 464 g/mol. The molecule has 2 aromatic rings. The van der Waals surface area contributed by atoms with Crippen LogP contribution >= 0.6 is 0 Å². The molecule has 0 saturated carbocycles. The first-order valence-corrected chi connectivity index (χ1v) is 10.8. The molecule has 1 aromatic carbocycles. The predicted octanol–water partition coefficient (Wildman–Crippen LogP) is 2.49. The van der Waals surface area contributed by atoms with E-state index in [1.54, 1.807) is 20.8 Å². The van der Waals surface area contributed by atoms with Crippen LogP contribution in [0.3, 0.4) is 0 Å². The molecule has 2 heterocycles. The summed E-state index contributed by atoms with van der Waals surface area (Å²) >= 11 is 0. The molecule has 11 heteroatoms. The van der Waals surface area contributed by atoms with Gasteiger partial charge in [0.2, 0.25) is 11.8 Å².